The smallest absolute Gasteiger partial charge is 0.0340 e. The average molecular weight is 247 g/mol. The van der Waals surface area contributed by atoms with E-state index in [1.165, 1.54) is 43.3 Å². The van der Waals surface area contributed by atoms with Crippen molar-refractivity contribution in [3.8, 4) is 0 Å². The third kappa shape index (κ3) is 4.72. The largest absolute Gasteiger partial charge is 0.399 e. The summed E-state index contributed by atoms with van der Waals surface area (Å²) in [7, 11) is 0. The van der Waals surface area contributed by atoms with Crippen LogP contribution >= 0.6 is 0 Å². The van der Waals surface area contributed by atoms with Gasteiger partial charge in [0.25, 0.3) is 0 Å². The Balaban J connectivity index is 2.43. The summed E-state index contributed by atoms with van der Waals surface area (Å²) in [5.41, 5.74) is 9.55. The highest BCUT2D eigenvalue weighted by atomic mass is 14.6. The fraction of sp³-hybridized carbons (Fsp3) is 0.647. The molecular formula is C17H29N. The van der Waals surface area contributed by atoms with Gasteiger partial charge >= 0.3 is 0 Å². The second kappa shape index (κ2) is 7.45. The van der Waals surface area contributed by atoms with E-state index < -0.39 is 0 Å². The molecule has 1 unspecified atom stereocenters. The minimum absolute atomic E-state index is 0.583. The number of hydrogen-bond donors (Lipinski definition) is 1. The number of unbranched alkanes of at least 4 members (excludes halogenated alkanes) is 1. The standard InChI is InChI=1S/C17H29N/c1-5-13(2)8-6-7-9-16-12-15(4)17(18)11-10-14(16)3/h10-13,16H,5-9,18H2,1-4H3/t13-,16?/m1/s1. The first kappa shape index (κ1) is 15.1. The first-order valence-corrected chi connectivity index (χ1v) is 7.37. The summed E-state index contributed by atoms with van der Waals surface area (Å²) in [5.74, 6) is 1.46. The van der Waals surface area contributed by atoms with Crippen molar-refractivity contribution in [1.82, 2.24) is 0 Å². The molecule has 0 aromatic rings. The van der Waals surface area contributed by atoms with Gasteiger partial charge < -0.3 is 5.73 Å². The lowest BCUT2D eigenvalue weighted by atomic mass is 9.91. The summed E-state index contributed by atoms with van der Waals surface area (Å²) in [5, 5.41) is 0. The summed E-state index contributed by atoms with van der Waals surface area (Å²) >= 11 is 0. The van der Waals surface area contributed by atoms with E-state index in [4.69, 9.17) is 5.73 Å². The Labute approximate surface area is 113 Å². The third-order valence-corrected chi connectivity index (χ3v) is 4.18. The SMILES string of the molecule is CC[C@@H](C)CCCCC1C=C(C)C(N)=CC=C1C. The first-order valence-electron chi connectivity index (χ1n) is 7.37. The lowest BCUT2D eigenvalue weighted by molar-refractivity contribution is 0.467. The Hall–Kier alpha value is -0.980. The minimum atomic E-state index is 0.583. The van der Waals surface area contributed by atoms with E-state index in [0.717, 1.165) is 11.6 Å². The third-order valence-electron chi connectivity index (χ3n) is 4.18. The monoisotopic (exact) mass is 247 g/mol. The van der Waals surface area contributed by atoms with Gasteiger partial charge in [-0.15, -0.1) is 0 Å². The maximum Gasteiger partial charge on any atom is 0.0340 e. The van der Waals surface area contributed by atoms with Crippen LogP contribution in [0.2, 0.25) is 0 Å². The molecule has 1 heteroatoms. The predicted molar refractivity (Wildman–Crippen MR) is 81.2 cm³/mol. The molecule has 0 aliphatic heterocycles. The fourth-order valence-electron chi connectivity index (χ4n) is 2.38. The van der Waals surface area contributed by atoms with Crippen LogP contribution in [0.15, 0.2) is 35.1 Å². The highest BCUT2D eigenvalue weighted by molar-refractivity contribution is 5.36. The maximum atomic E-state index is 5.96. The van der Waals surface area contributed by atoms with Crippen molar-refractivity contribution in [3.63, 3.8) is 0 Å². The Morgan fingerprint density at radius 2 is 1.94 bits per heavy atom. The van der Waals surface area contributed by atoms with Gasteiger partial charge in [-0.05, 0) is 43.8 Å². The second-order valence-electron chi connectivity index (χ2n) is 5.79. The topological polar surface area (TPSA) is 26.0 Å². The van der Waals surface area contributed by atoms with Crippen LogP contribution in [0.1, 0.15) is 59.8 Å². The van der Waals surface area contributed by atoms with Gasteiger partial charge in [-0.1, -0.05) is 57.3 Å². The molecule has 0 radical (unpaired) electrons. The van der Waals surface area contributed by atoms with Gasteiger partial charge in [0.05, 0.1) is 0 Å². The molecule has 0 aromatic heterocycles. The Kier molecular flexibility index (Phi) is 6.24. The Bertz CT molecular complexity index is 347. The van der Waals surface area contributed by atoms with Crippen LogP contribution in [0.5, 0.6) is 0 Å². The van der Waals surface area contributed by atoms with Gasteiger partial charge in [-0.3, -0.25) is 0 Å². The van der Waals surface area contributed by atoms with Crippen molar-refractivity contribution in [3.05, 3.63) is 35.1 Å². The van der Waals surface area contributed by atoms with Gasteiger partial charge in [0.15, 0.2) is 0 Å². The van der Waals surface area contributed by atoms with Crippen molar-refractivity contribution >= 4 is 0 Å². The second-order valence-corrected chi connectivity index (χ2v) is 5.79. The zero-order chi connectivity index (χ0) is 13.5. The summed E-state index contributed by atoms with van der Waals surface area (Å²) < 4.78 is 0. The van der Waals surface area contributed by atoms with Crippen molar-refractivity contribution in [2.75, 3.05) is 0 Å². The van der Waals surface area contributed by atoms with Crippen LogP contribution in [-0.2, 0) is 0 Å². The van der Waals surface area contributed by atoms with Gasteiger partial charge in [-0.25, -0.2) is 0 Å². The molecule has 1 nitrogen and oxygen atoms in total. The molecule has 0 saturated carbocycles. The molecule has 0 fully saturated rings. The fourth-order valence-corrected chi connectivity index (χ4v) is 2.38. The van der Waals surface area contributed by atoms with E-state index in [2.05, 4.69) is 39.8 Å². The van der Waals surface area contributed by atoms with E-state index in [9.17, 15) is 0 Å². The molecular weight excluding hydrogens is 218 g/mol. The van der Waals surface area contributed by atoms with Crippen LogP contribution in [-0.4, -0.2) is 0 Å². The number of hydrogen-bond acceptors (Lipinski definition) is 1. The molecule has 0 bridgehead atoms. The molecule has 102 valence electrons. The van der Waals surface area contributed by atoms with Crippen molar-refractivity contribution < 1.29 is 0 Å². The molecule has 0 amide bonds. The normalized spacial score (nSPS) is 21.8. The molecule has 2 N–H and O–H groups in total. The van der Waals surface area contributed by atoms with Crippen molar-refractivity contribution in [2.45, 2.75) is 59.8 Å². The zero-order valence-corrected chi connectivity index (χ0v) is 12.5. The van der Waals surface area contributed by atoms with Crippen molar-refractivity contribution in [2.24, 2.45) is 17.6 Å². The summed E-state index contributed by atoms with van der Waals surface area (Å²) in [6, 6.07) is 0. The summed E-state index contributed by atoms with van der Waals surface area (Å²) in [6.07, 6.45) is 13.2. The molecule has 0 aromatic carbocycles. The molecule has 2 atom stereocenters. The van der Waals surface area contributed by atoms with Crippen LogP contribution in [0, 0.1) is 11.8 Å². The van der Waals surface area contributed by atoms with Crippen LogP contribution in [0.4, 0.5) is 0 Å². The van der Waals surface area contributed by atoms with E-state index in [1.54, 1.807) is 0 Å². The van der Waals surface area contributed by atoms with E-state index in [-0.39, 0.29) is 0 Å². The molecule has 1 aliphatic rings. The summed E-state index contributed by atoms with van der Waals surface area (Å²) in [4.78, 5) is 0. The van der Waals surface area contributed by atoms with Crippen LogP contribution in [0.25, 0.3) is 0 Å². The highest BCUT2D eigenvalue weighted by Gasteiger charge is 2.11. The Morgan fingerprint density at radius 1 is 1.22 bits per heavy atom. The van der Waals surface area contributed by atoms with Crippen LogP contribution < -0.4 is 5.73 Å². The number of allylic oxidation sites excluding steroid dienone is 5. The molecule has 18 heavy (non-hydrogen) atoms. The van der Waals surface area contributed by atoms with Gasteiger partial charge in [0.2, 0.25) is 0 Å². The number of nitrogens with two attached hydrogens (primary N) is 1. The molecule has 0 heterocycles. The molecule has 0 spiro atoms. The maximum absolute atomic E-state index is 5.96. The average Bonchev–Trinajstić information content (AvgIpc) is 2.48. The molecule has 1 rings (SSSR count). The lowest BCUT2D eigenvalue weighted by Gasteiger charge is -2.14. The minimum Gasteiger partial charge on any atom is -0.399 e. The van der Waals surface area contributed by atoms with Crippen molar-refractivity contribution in [1.29, 1.82) is 0 Å². The number of rotatable bonds is 6. The van der Waals surface area contributed by atoms with E-state index in [0.29, 0.717) is 5.92 Å². The van der Waals surface area contributed by atoms with Gasteiger partial charge in [0, 0.05) is 5.70 Å². The van der Waals surface area contributed by atoms with Crippen LogP contribution in [0.3, 0.4) is 0 Å². The molecule has 1 aliphatic carbocycles. The Morgan fingerprint density at radius 3 is 2.61 bits per heavy atom. The quantitative estimate of drug-likeness (QED) is 0.660. The first-order chi connectivity index (χ1) is 8.54. The highest BCUT2D eigenvalue weighted by Crippen LogP contribution is 2.26. The predicted octanol–water partition coefficient (Wildman–Crippen LogP) is 4.96. The van der Waals surface area contributed by atoms with Gasteiger partial charge in [-0.2, -0.15) is 0 Å². The lowest BCUT2D eigenvalue weighted by Crippen LogP contribution is -2.02. The van der Waals surface area contributed by atoms with Gasteiger partial charge in [0.1, 0.15) is 0 Å². The molecule has 0 saturated heterocycles. The summed E-state index contributed by atoms with van der Waals surface area (Å²) in [6.45, 7) is 8.97. The zero-order valence-electron chi connectivity index (χ0n) is 12.5. The van der Waals surface area contributed by atoms with E-state index in [1.807, 2.05) is 6.08 Å². The van der Waals surface area contributed by atoms with E-state index >= 15 is 0 Å².